The number of hydrogen-bond acceptors (Lipinski definition) is 10. The molecule has 3 N–H and O–H groups in total. The van der Waals surface area contributed by atoms with Gasteiger partial charge in [0.05, 0.1) is 24.0 Å². The van der Waals surface area contributed by atoms with E-state index in [4.69, 9.17) is 39.4 Å². The van der Waals surface area contributed by atoms with E-state index in [1.54, 1.807) is 6.07 Å². The molecule has 15 heteroatoms. The number of methoxy groups -OCH3 is 1. The van der Waals surface area contributed by atoms with Crippen LogP contribution in [-0.4, -0.2) is 51.5 Å². The van der Waals surface area contributed by atoms with Crippen molar-refractivity contribution in [1.82, 2.24) is 9.55 Å². The Morgan fingerprint density at radius 2 is 2.28 bits per heavy atom. The summed E-state index contributed by atoms with van der Waals surface area (Å²) in [6, 6.07) is 4.52. The molecule has 0 spiro atoms. The van der Waals surface area contributed by atoms with E-state index in [0.29, 0.717) is 11.8 Å². The smallest absolute Gasteiger partial charge is 0.493 e. The normalized spacial score (nSPS) is 35.8. The summed E-state index contributed by atoms with van der Waals surface area (Å²) in [4.78, 5) is 13.2. The molecule has 1 aromatic carbocycles. The third kappa shape index (κ3) is 3.99. The van der Waals surface area contributed by atoms with E-state index in [9.17, 15) is 24.0 Å². The molecular weight excluding hydrogens is 477 g/mol. The molecule has 0 radical (unpaired) electrons. The summed E-state index contributed by atoms with van der Waals surface area (Å²) in [6.07, 6.45) is -8.39. The summed E-state index contributed by atoms with van der Waals surface area (Å²) in [6.45, 7) is -4.33. The highest BCUT2D eigenvalue weighted by atomic mass is 32.1. The average molecular weight is 497 g/mol. The lowest BCUT2D eigenvalue weighted by molar-refractivity contribution is -0.205. The molecule has 1 saturated heterocycles. The Kier molecular flexibility index (Phi) is 5.01. The Bertz CT molecular complexity index is 1330. The summed E-state index contributed by atoms with van der Waals surface area (Å²) in [5, 5.41) is 20.7. The van der Waals surface area contributed by atoms with Gasteiger partial charge in [-0.2, -0.15) is 4.39 Å². The topological polar surface area (TPSA) is 141 Å². The van der Waals surface area contributed by atoms with Crippen LogP contribution in [-0.2, 0) is 25.0 Å². The minimum absolute atomic E-state index is 0.0809. The van der Waals surface area contributed by atoms with E-state index < -0.39 is 61.4 Å². The van der Waals surface area contributed by atoms with E-state index in [0.717, 1.165) is 0 Å². The van der Waals surface area contributed by atoms with Gasteiger partial charge in [0, 0.05) is 5.56 Å². The lowest BCUT2D eigenvalue weighted by atomic mass is 10.1. The van der Waals surface area contributed by atoms with Crippen LogP contribution >= 0.6 is 20.0 Å². The number of rotatable bonds is 5. The molecular formula is C17H17F2N2O9PS. The number of aromatic nitrogens is 2. The van der Waals surface area contributed by atoms with Crippen molar-refractivity contribution in [2.24, 2.45) is 0 Å². The molecule has 11 nitrogen and oxygen atoms in total. The highest BCUT2D eigenvalue weighted by Crippen LogP contribution is 2.57. The van der Waals surface area contributed by atoms with Crippen LogP contribution in [0.5, 0.6) is 11.5 Å². The van der Waals surface area contributed by atoms with Gasteiger partial charge in [0.15, 0.2) is 22.5 Å². The lowest BCUT2D eigenvalue weighted by Crippen LogP contribution is -2.43. The molecule has 0 bridgehead atoms. The number of nitrogens with one attached hydrogen (secondary N) is 1. The van der Waals surface area contributed by atoms with E-state index in [2.05, 4.69) is 0 Å². The number of hydrogen-bond donors (Lipinski definition) is 3. The van der Waals surface area contributed by atoms with Gasteiger partial charge >= 0.3 is 7.82 Å². The quantitative estimate of drug-likeness (QED) is 0.413. The van der Waals surface area contributed by atoms with Crippen LogP contribution in [0.1, 0.15) is 15.9 Å². The second-order valence-electron chi connectivity index (χ2n) is 6.54. The summed E-state index contributed by atoms with van der Waals surface area (Å²) in [5.74, 6) is -5.67. The Labute approximate surface area is 187 Å². The van der Waals surface area contributed by atoms with Gasteiger partial charge in [0.25, 0.3) is 11.4 Å². The van der Waals surface area contributed by atoms with Crippen LogP contribution in [0.25, 0.3) is 0 Å². The van der Waals surface area contributed by atoms with Gasteiger partial charge in [0.2, 0.25) is 5.82 Å². The van der Waals surface area contributed by atoms with Gasteiger partial charge < -0.3 is 24.2 Å². The first-order valence-corrected chi connectivity index (χ1v) is 10.6. The highest BCUT2D eigenvalue weighted by Gasteiger charge is 2.57. The molecule has 1 fully saturated rings. The first kappa shape index (κ1) is 19.3. The number of phosphoric acid groups is 1. The number of alkyl halides is 1. The molecule has 5 atom stereocenters. The molecule has 1 aromatic heterocycles. The van der Waals surface area contributed by atoms with Crippen LogP contribution in [0.4, 0.5) is 8.78 Å². The number of aliphatic hydroxyl groups excluding tert-OH is 2. The summed E-state index contributed by atoms with van der Waals surface area (Å²) in [7, 11) is -3.67. The number of halogens is 2. The molecule has 4 rings (SSSR count). The van der Waals surface area contributed by atoms with Gasteiger partial charge in [0.1, 0.15) is 18.8 Å². The molecule has 2 aliphatic heterocycles. The van der Waals surface area contributed by atoms with Crippen LogP contribution in [0.15, 0.2) is 29.2 Å². The predicted molar refractivity (Wildman–Crippen MR) is 104 cm³/mol. The number of nitrogens with zero attached hydrogens (tertiary/aromatic N) is 1. The van der Waals surface area contributed by atoms with Crippen molar-refractivity contribution in [2.75, 3.05) is 13.7 Å². The second kappa shape index (κ2) is 8.30. The average Bonchev–Trinajstić information content (AvgIpc) is 2.97. The van der Waals surface area contributed by atoms with E-state index in [1.807, 2.05) is 4.98 Å². The van der Waals surface area contributed by atoms with E-state index in [1.165, 1.54) is 19.2 Å². The zero-order valence-electron chi connectivity index (χ0n) is 19.0. The monoisotopic (exact) mass is 497 g/mol. The molecule has 0 amide bonds. The Balaban J connectivity index is 1.69. The fourth-order valence-electron chi connectivity index (χ4n) is 2.88. The molecule has 174 valence electrons. The van der Waals surface area contributed by atoms with Crippen LogP contribution in [0.3, 0.4) is 0 Å². The minimum atomic E-state index is -4.95. The number of H-pyrrole nitrogens is 1. The fourth-order valence-corrected chi connectivity index (χ4v) is 4.23. The van der Waals surface area contributed by atoms with Gasteiger partial charge in [-0.1, -0.05) is 12.1 Å². The predicted octanol–water partition coefficient (Wildman–Crippen LogP) is 1.70. The van der Waals surface area contributed by atoms with Crippen molar-refractivity contribution in [3.63, 3.8) is 0 Å². The number of para-hydroxylation sites is 1. The van der Waals surface area contributed by atoms with Gasteiger partial charge in [-0.15, -0.1) is 0 Å². The molecule has 3 heterocycles. The van der Waals surface area contributed by atoms with Gasteiger partial charge in [-0.25, -0.2) is 8.96 Å². The third-order valence-electron chi connectivity index (χ3n) is 4.48. The van der Waals surface area contributed by atoms with Crippen molar-refractivity contribution in [3.05, 3.63) is 50.9 Å². The van der Waals surface area contributed by atoms with E-state index in [-0.39, 0.29) is 16.1 Å². The van der Waals surface area contributed by atoms with Crippen molar-refractivity contribution in [1.29, 1.82) is 0 Å². The summed E-state index contributed by atoms with van der Waals surface area (Å²) < 4.78 is 91.2. The number of aromatic amines is 1. The van der Waals surface area contributed by atoms with Crippen LogP contribution in [0, 0.1) is 10.6 Å². The standard InChI is InChI=1S/C17H17F2N2O9PS/c1-26-10-4-2-3-8-6-27-31(25,30-12(8)10)28-7-17(19)13(23)11(22)15(29-17)21-5-9(18)14(24)20-16(21)32/h2-5,11,13,15,22-23H,6-7H2,1H3,(H,20,24,32)/t11-,13+,15-,17-,31?/m1/s1/i7D2,15D. The van der Waals surface area contributed by atoms with Crippen molar-refractivity contribution >= 4 is 20.0 Å². The molecule has 32 heavy (non-hydrogen) atoms. The van der Waals surface area contributed by atoms with Crippen LogP contribution in [0.2, 0.25) is 0 Å². The number of phosphoric ester groups is 1. The molecule has 1 unspecified atom stereocenters. The first-order valence-electron chi connectivity index (χ1n) is 10.3. The highest BCUT2D eigenvalue weighted by molar-refractivity contribution is 7.71. The van der Waals surface area contributed by atoms with Crippen molar-refractivity contribution < 1.29 is 50.7 Å². The molecule has 0 saturated carbocycles. The van der Waals surface area contributed by atoms with Crippen LogP contribution < -0.4 is 14.8 Å². The summed E-state index contributed by atoms with van der Waals surface area (Å²) >= 11 is 4.78. The molecule has 2 aliphatic rings. The number of fused-ring (bicyclic) bond motifs is 1. The molecule has 2 aromatic rings. The maximum Gasteiger partial charge on any atom is 0.530 e. The number of ether oxygens (including phenoxy) is 2. The second-order valence-corrected chi connectivity index (χ2v) is 8.44. The fraction of sp³-hybridized carbons (Fsp3) is 0.412. The zero-order chi connectivity index (χ0) is 26.0. The van der Waals surface area contributed by atoms with Crippen molar-refractivity contribution in [2.45, 2.75) is 30.9 Å². The van der Waals surface area contributed by atoms with Gasteiger partial charge in [-0.05, 0) is 18.3 Å². The Hall–Kier alpha value is -2.19. The summed E-state index contributed by atoms with van der Waals surface area (Å²) in [5.41, 5.74) is -0.948. The number of benzene rings is 1. The maximum atomic E-state index is 15.9. The van der Waals surface area contributed by atoms with Crippen molar-refractivity contribution in [3.8, 4) is 11.5 Å². The third-order valence-corrected chi connectivity index (χ3v) is 5.95. The Morgan fingerprint density at radius 3 is 3.00 bits per heavy atom. The first-order chi connectivity index (χ1) is 16.2. The zero-order valence-corrected chi connectivity index (χ0v) is 17.7. The SMILES string of the molecule is [2H]C([2H])(OP1(=O)OCc2cccc(OC)c2O1)[C@@]1(F)O[C@@]([2H])(n2cc(F)c(=O)[nH]c2=S)[C@H](O)[C@@H]1O. The van der Waals surface area contributed by atoms with Gasteiger partial charge in [-0.3, -0.25) is 23.4 Å². The van der Waals surface area contributed by atoms with E-state index >= 15 is 4.39 Å². The Morgan fingerprint density at radius 1 is 1.53 bits per heavy atom. The lowest BCUT2D eigenvalue weighted by Gasteiger charge is -2.29. The largest absolute Gasteiger partial charge is 0.530 e. The maximum absolute atomic E-state index is 15.9. The molecule has 0 aliphatic carbocycles. The number of aliphatic hydroxyl groups is 2. The minimum Gasteiger partial charge on any atom is -0.493 e.